The minimum atomic E-state index is 0.139. The molecule has 1 unspecified atom stereocenters. The molecule has 0 fully saturated rings. The Morgan fingerprint density at radius 3 is 2.63 bits per heavy atom. The van der Waals surface area contributed by atoms with E-state index < -0.39 is 0 Å². The molecule has 2 aromatic rings. The highest BCUT2D eigenvalue weighted by Crippen LogP contribution is 2.36. The van der Waals surface area contributed by atoms with Gasteiger partial charge in [-0.25, -0.2) is 0 Å². The Labute approximate surface area is 131 Å². The summed E-state index contributed by atoms with van der Waals surface area (Å²) in [7, 11) is 0. The summed E-state index contributed by atoms with van der Waals surface area (Å²) >= 11 is 11.4. The number of halogens is 2. The summed E-state index contributed by atoms with van der Waals surface area (Å²) in [4.78, 5) is 2.34. The fourth-order valence-electron chi connectivity index (χ4n) is 1.78. The summed E-state index contributed by atoms with van der Waals surface area (Å²) in [5.74, 6) is 0. The Morgan fingerprint density at radius 2 is 1.95 bits per heavy atom. The third kappa shape index (κ3) is 4.25. The maximum atomic E-state index is 6.10. The summed E-state index contributed by atoms with van der Waals surface area (Å²) in [5, 5.41) is 0.753. The highest BCUT2D eigenvalue weighted by Gasteiger charge is 2.09. The number of hydrogen-bond donors (Lipinski definition) is 1. The third-order valence-electron chi connectivity index (χ3n) is 2.63. The van der Waals surface area contributed by atoms with E-state index in [1.54, 1.807) is 11.8 Å². The quantitative estimate of drug-likeness (QED) is 0.820. The van der Waals surface area contributed by atoms with Gasteiger partial charge in [0.1, 0.15) is 0 Å². The van der Waals surface area contributed by atoms with Gasteiger partial charge < -0.3 is 5.73 Å². The van der Waals surface area contributed by atoms with E-state index in [2.05, 4.69) is 28.1 Å². The van der Waals surface area contributed by atoms with Crippen LogP contribution in [-0.4, -0.2) is 6.04 Å². The van der Waals surface area contributed by atoms with Crippen molar-refractivity contribution in [1.29, 1.82) is 0 Å². The van der Waals surface area contributed by atoms with Crippen LogP contribution in [0.3, 0.4) is 0 Å². The van der Waals surface area contributed by atoms with Gasteiger partial charge in [0.05, 0.1) is 0 Å². The summed E-state index contributed by atoms with van der Waals surface area (Å²) in [5.41, 5.74) is 7.14. The van der Waals surface area contributed by atoms with Gasteiger partial charge in [-0.15, -0.1) is 0 Å². The highest BCUT2D eigenvalue weighted by molar-refractivity contribution is 9.10. The number of nitrogens with two attached hydrogens (primary N) is 1. The van der Waals surface area contributed by atoms with E-state index in [4.69, 9.17) is 17.3 Å². The summed E-state index contributed by atoms with van der Waals surface area (Å²) in [6, 6.07) is 14.3. The highest BCUT2D eigenvalue weighted by atomic mass is 79.9. The van der Waals surface area contributed by atoms with Gasteiger partial charge in [0.2, 0.25) is 0 Å². The summed E-state index contributed by atoms with van der Waals surface area (Å²) < 4.78 is 1.09. The van der Waals surface area contributed by atoms with E-state index in [9.17, 15) is 0 Å². The molecule has 1 atom stereocenters. The first-order valence-corrected chi connectivity index (χ1v) is 8.01. The average Bonchev–Trinajstić information content (AvgIpc) is 2.35. The lowest BCUT2D eigenvalue weighted by molar-refractivity contribution is 0.729. The fraction of sp³-hybridized carbons (Fsp3) is 0.200. The molecule has 2 rings (SSSR count). The van der Waals surface area contributed by atoms with Gasteiger partial charge in [-0.2, -0.15) is 0 Å². The van der Waals surface area contributed by atoms with E-state index in [-0.39, 0.29) is 6.04 Å². The molecule has 0 aliphatic carbocycles. The molecule has 0 saturated heterocycles. The van der Waals surface area contributed by atoms with Crippen LogP contribution in [0.15, 0.2) is 56.7 Å². The van der Waals surface area contributed by atoms with Gasteiger partial charge in [-0.3, -0.25) is 0 Å². The van der Waals surface area contributed by atoms with Crippen LogP contribution in [-0.2, 0) is 6.42 Å². The van der Waals surface area contributed by atoms with Crippen LogP contribution in [0.25, 0.3) is 0 Å². The van der Waals surface area contributed by atoms with Crippen LogP contribution in [0, 0.1) is 0 Å². The van der Waals surface area contributed by atoms with E-state index in [0.29, 0.717) is 0 Å². The van der Waals surface area contributed by atoms with Crippen LogP contribution >= 0.6 is 39.3 Å². The first kappa shape index (κ1) is 14.9. The largest absolute Gasteiger partial charge is 0.328 e. The van der Waals surface area contributed by atoms with Crippen LogP contribution < -0.4 is 5.73 Å². The Balaban J connectivity index is 2.33. The topological polar surface area (TPSA) is 26.0 Å². The van der Waals surface area contributed by atoms with Crippen molar-refractivity contribution in [3.63, 3.8) is 0 Å². The molecule has 1 nitrogen and oxygen atoms in total. The lowest BCUT2D eigenvalue weighted by atomic mass is 10.1. The van der Waals surface area contributed by atoms with Gasteiger partial charge in [0.25, 0.3) is 0 Å². The Kier molecular flexibility index (Phi) is 5.34. The Morgan fingerprint density at radius 1 is 1.21 bits per heavy atom. The van der Waals surface area contributed by atoms with E-state index >= 15 is 0 Å². The maximum Gasteiger partial charge on any atom is 0.0417 e. The molecule has 0 saturated carbocycles. The maximum absolute atomic E-state index is 6.10. The third-order valence-corrected chi connectivity index (χ3v) is 4.99. The molecule has 0 aromatic heterocycles. The second kappa shape index (κ2) is 6.80. The van der Waals surface area contributed by atoms with Crippen molar-refractivity contribution in [3.05, 3.63) is 57.5 Å². The van der Waals surface area contributed by atoms with Gasteiger partial charge in [-0.05, 0) is 59.1 Å². The molecule has 0 amide bonds. The van der Waals surface area contributed by atoms with Crippen LogP contribution in [0.4, 0.5) is 0 Å². The van der Waals surface area contributed by atoms with Crippen molar-refractivity contribution in [2.75, 3.05) is 0 Å². The van der Waals surface area contributed by atoms with E-state index in [1.807, 2.05) is 37.3 Å². The zero-order valence-electron chi connectivity index (χ0n) is 10.6. The molecule has 0 radical (unpaired) electrons. The average molecular weight is 357 g/mol. The standard InChI is InChI=1S/C15H15BrClNS/c1-10(18)8-11-6-7-12(17)9-15(11)19-14-5-3-2-4-13(14)16/h2-7,9-10H,8,18H2,1H3. The fourth-order valence-corrected chi connectivity index (χ4v) is 3.57. The van der Waals surface area contributed by atoms with Crippen LogP contribution in [0.2, 0.25) is 5.02 Å². The molecule has 19 heavy (non-hydrogen) atoms. The first-order valence-electron chi connectivity index (χ1n) is 6.02. The predicted octanol–water partition coefficient (Wildman–Crippen LogP) is 5.14. The minimum Gasteiger partial charge on any atom is -0.328 e. The van der Waals surface area contributed by atoms with Crippen LogP contribution in [0.5, 0.6) is 0 Å². The lowest BCUT2D eigenvalue weighted by Crippen LogP contribution is -2.18. The molecule has 0 spiro atoms. The number of rotatable bonds is 4. The van der Waals surface area contributed by atoms with Crippen molar-refractivity contribution >= 4 is 39.3 Å². The van der Waals surface area contributed by atoms with Crippen molar-refractivity contribution in [2.45, 2.75) is 29.2 Å². The van der Waals surface area contributed by atoms with Crippen LogP contribution in [0.1, 0.15) is 12.5 Å². The van der Waals surface area contributed by atoms with E-state index in [0.717, 1.165) is 20.8 Å². The molecule has 0 aliphatic heterocycles. The number of benzene rings is 2. The molecular formula is C15H15BrClNS. The molecule has 0 heterocycles. The van der Waals surface area contributed by atoms with Gasteiger partial charge in [0, 0.05) is 25.3 Å². The second-order valence-corrected chi connectivity index (χ2v) is 6.84. The summed E-state index contributed by atoms with van der Waals surface area (Å²) in [6.07, 6.45) is 0.851. The van der Waals surface area contributed by atoms with Gasteiger partial charge >= 0.3 is 0 Å². The van der Waals surface area contributed by atoms with Crippen molar-refractivity contribution in [1.82, 2.24) is 0 Å². The number of hydrogen-bond acceptors (Lipinski definition) is 2. The predicted molar refractivity (Wildman–Crippen MR) is 87.1 cm³/mol. The zero-order valence-corrected chi connectivity index (χ0v) is 13.7. The van der Waals surface area contributed by atoms with Gasteiger partial charge in [-0.1, -0.05) is 41.6 Å². The molecule has 2 N–H and O–H groups in total. The van der Waals surface area contributed by atoms with Gasteiger partial charge in [0.15, 0.2) is 0 Å². The second-order valence-electron chi connectivity index (χ2n) is 4.47. The first-order chi connectivity index (χ1) is 9.06. The lowest BCUT2D eigenvalue weighted by Gasteiger charge is -2.12. The van der Waals surface area contributed by atoms with Crippen molar-refractivity contribution < 1.29 is 0 Å². The van der Waals surface area contributed by atoms with Crippen molar-refractivity contribution in [2.24, 2.45) is 5.73 Å². The molecule has 2 aromatic carbocycles. The normalized spacial score (nSPS) is 12.4. The Hall–Kier alpha value is -0.480. The Bertz CT molecular complexity index is 572. The zero-order chi connectivity index (χ0) is 13.8. The smallest absolute Gasteiger partial charge is 0.0417 e. The molecule has 4 heteroatoms. The molecule has 0 aliphatic rings. The minimum absolute atomic E-state index is 0.139. The molecule has 0 bridgehead atoms. The molecular weight excluding hydrogens is 342 g/mol. The monoisotopic (exact) mass is 355 g/mol. The molecule has 100 valence electrons. The van der Waals surface area contributed by atoms with E-state index in [1.165, 1.54) is 10.5 Å². The SMILES string of the molecule is CC(N)Cc1ccc(Cl)cc1Sc1ccccc1Br. The summed E-state index contributed by atoms with van der Waals surface area (Å²) in [6.45, 7) is 2.02. The van der Waals surface area contributed by atoms with Crippen molar-refractivity contribution in [3.8, 4) is 0 Å².